The van der Waals surface area contributed by atoms with Crippen LogP contribution in [0.25, 0.3) is 10.8 Å². The minimum Gasteiger partial charge on any atom is -0.451 e. The molecule has 1 aromatic carbocycles. The molecule has 0 radical (unpaired) electrons. The summed E-state index contributed by atoms with van der Waals surface area (Å²) in [6, 6.07) is 5.81. The molecule has 0 unspecified atom stereocenters. The molecule has 2 rings (SSSR count). The number of hydrogen-bond acceptors (Lipinski definition) is 7. The molecule has 0 atom stereocenters. The van der Waals surface area contributed by atoms with Gasteiger partial charge in [0.2, 0.25) is 0 Å². The Balaban J connectivity index is 2.09. The summed E-state index contributed by atoms with van der Waals surface area (Å²) >= 11 is 0. The van der Waals surface area contributed by atoms with E-state index in [0.717, 1.165) is 0 Å². The SMILES string of the molecule is CCCn1nc(C(=O)OCC(=O)NC(=O)NCCOC)c2ccccc2c1=O. The zero-order chi connectivity index (χ0) is 20.5. The minimum absolute atomic E-state index is 0.0685. The maximum Gasteiger partial charge on any atom is 0.359 e. The van der Waals surface area contributed by atoms with E-state index in [2.05, 4.69) is 10.4 Å². The Morgan fingerprint density at radius 3 is 2.57 bits per heavy atom. The van der Waals surface area contributed by atoms with E-state index in [1.807, 2.05) is 12.2 Å². The van der Waals surface area contributed by atoms with E-state index >= 15 is 0 Å². The lowest BCUT2D eigenvalue weighted by atomic mass is 10.1. The Bertz CT molecular complexity index is 924. The van der Waals surface area contributed by atoms with E-state index in [-0.39, 0.29) is 17.8 Å². The van der Waals surface area contributed by atoms with Crippen LogP contribution in [0.2, 0.25) is 0 Å². The molecule has 3 amide bonds. The van der Waals surface area contributed by atoms with Crippen molar-refractivity contribution in [1.82, 2.24) is 20.4 Å². The minimum atomic E-state index is -0.865. The first-order valence-electron chi connectivity index (χ1n) is 8.71. The van der Waals surface area contributed by atoms with Gasteiger partial charge >= 0.3 is 12.0 Å². The van der Waals surface area contributed by atoms with Crippen LogP contribution < -0.4 is 16.2 Å². The maximum atomic E-state index is 12.4. The van der Waals surface area contributed by atoms with Gasteiger partial charge in [0.05, 0.1) is 12.0 Å². The molecule has 2 N–H and O–H groups in total. The number of nitrogens with one attached hydrogen (secondary N) is 2. The number of fused-ring (bicyclic) bond motifs is 1. The van der Waals surface area contributed by atoms with Crippen molar-refractivity contribution in [3.05, 3.63) is 40.3 Å². The predicted octanol–water partition coefficient (Wildman–Crippen LogP) is 0.436. The molecule has 0 aliphatic carbocycles. The number of imide groups is 1. The van der Waals surface area contributed by atoms with Crippen molar-refractivity contribution >= 4 is 28.7 Å². The van der Waals surface area contributed by atoms with Crippen LogP contribution in [-0.2, 0) is 20.8 Å². The van der Waals surface area contributed by atoms with Crippen molar-refractivity contribution in [2.75, 3.05) is 26.9 Å². The van der Waals surface area contributed by atoms with Crippen molar-refractivity contribution in [3.8, 4) is 0 Å². The summed E-state index contributed by atoms with van der Waals surface area (Å²) < 4.78 is 10.9. The molecule has 28 heavy (non-hydrogen) atoms. The van der Waals surface area contributed by atoms with Gasteiger partial charge in [-0.2, -0.15) is 5.10 Å². The quantitative estimate of drug-likeness (QED) is 0.494. The van der Waals surface area contributed by atoms with Crippen molar-refractivity contribution in [2.24, 2.45) is 0 Å². The molecular weight excluding hydrogens is 368 g/mol. The Morgan fingerprint density at radius 1 is 1.18 bits per heavy atom. The first-order chi connectivity index (χ1) is 13.5. The normalized spacial score (nSPS) is 10.5. The van der Waals surface area contributed by atoms with Crippen LogP contribution in [-0.4, -0.2) is 54.6 Å². The van der Waals surface area contributed by atoms with Gasteiger partial charge in [0.1, 0.15) is 0 Å². The number of esters is 1. The highest BCUT2D eigenvalue weighted by atomic mass is 16.5. The average Bonchev–Trinajstić information content (AvgIpc) is 2.68. The number of aromatic nitrogens is 2. The average molecular weight is 390 g/mol. The summed E-state index contributed by atoms with van der Waals surface area (Å²) in [4.78, 5) is 48.1. The molecule has 1 heterocycles. The van der Waals surface area contributed by atoms with Crippen LogP contribution >= 0.6 is 0 Å². The van der Waals surface area contributed by atoms with E-state index in [9.17, 15) is 19.2 Å². The van der Waals surface area contributed by atoms with Gasteiger partial charge in [0.25, 0.3) is 11.5 Å². The van der Waals surface area contributed by atoms with Crippen LogP contribution in [0, 0.1) is 0 Å². The van der Waals surface area contributed by atoms with Crippen LogP contribution in [0.4, 0.5) is 4.79 Å². The number of benzene rings is 1. The number of amides is 3. The number of aryl methyl sites for hydroxylation is 1. The van der Waals surface area contributed by atoms with E-state index in [1.54, 1.807) is 24.3 Å². The highest BCUT2D eigenvalue weighted by molar-refractivity contribution is 6.03. The predicted molar refractivity (Wildman–Crippen MR) is 100.0 cm³/mol. The van der Waals surface area contributed by atoms with Gasteiger partial charge in [0, 0.05) is 25.6 Å². The van der Waals surface area contributed by atoms with Crippen LogP contribution in [0.5, 0.6) is 0 Å². The molecule has 1 aromatic heterocycles. The van der Waals surface area contributed by atoms with E-state index in [0.29, 0.717) is 30.3 Å². The lowest BCUT2D eigenvalue weighted by Gasteiger charge is -2.10. The smallest absolute Gasteiger partial charge is 0.359 e. The summed E-state index contributed by atoms with van der Waals surface area (Å²) in [6.45, 7) is 2.07. The van der Waals surface area contributed by atoms with Crippen LogP contribution in [0.1, 0.15) is 23.8 Å². The van der Waals surface area contributed by atoms with Crippen molar-refractivity contribution in [1.29, 1.82) is 0 Å². The van der Waals surface area contributed by atoms with Gasteiger partial charge in [-0.25, -0.2) is 14.3 Å². The summed E-state index contributed by atoms with van der Waals surface area (Å²) in [6.07, 6.45) is 0.653. The summed E-state index contributed by atoms with van der Waals surface area (Å²) in [5, 5.41) is 9.18. The second kappa shape index (κ2) is 10.2. The summed E-state index contributed by atoms with van der Waals surface area (Å²) in [5.74, 6) is -1.66. The van der Waals surface area contributed by atoms with Gasteiger partial charge < -0.3 is 14.8 Å². The van der Waals surface area contributed by atoms with E-state index in [4.69, 9.17) is 9.47 Å². The molecule has 0 aliphatic heterocycles. The number of hydrogen-bond donors (Lipinski definition) is 2. The molecule has 0 fully saturated rings. The van der Waals surface area contributed by atoms with E-state index < -0.39 is 24.5 Å². The highest BCUT2D eigenvalue weighted by Gasteiger charge is 2.19. The van der Waals surface area contributed by atoms with Crippen LogP contribution in [0.3, 0.4) is 0 Å². The zero-order valence-corrected chi connectivity index (χ0v) is 15.7. The van der Waals surface area contributed by atoms with Gasteiger partial charge in [-0.1, -0.05) is 25.1 Å². The molecule has 2 aromatic rings. The maximum absolute atomic E-state index is 12.4. The van der Waals surface area contributed by atoms with Gasteiger partial charge in [-0.3, -0.25) is 14.9 Å². The van der Waals surface area contributed by atoms with Crippen molar-refractivity contribution in [3.63, 3.8) is 0 Å². The molecule has 0 saturated carbocycles. The Hall–Kier alpha value is -3.27. The fourth-order valence-electron chi connectivity index (χ4n) is 2.42. The second-order valence-corrected chi connectivity index (χ2v) is 5.80. The van der Waals surface area contributed by atoms with Gasteiger partial charge in [-0.05, 0) is 12.5 Å². The number of methoxy groups -OCH3 is 1. The number of carbonyl (C=O) groups is 3. The Labute approximate surface area is 160 Å². The monoisotopic (exact) mass is 390 g/mol. The molecule has 0 aliphatic rings. The topological polar surface area (TPSA) is 129 Å². The number of urea groups is 1. The fraction of sp³-hybridized carbons (Fsp3) is 0.389. The first kappa shape index (κ1) is 21.0. The molecule has 0 bridgehead atoms. The number of carbonyl (C=O) groups excluding carboxylic acids is 3. The molecular formula is C18H22N4O6. The molecule has 0 saturated heterocycles. The number of nitrogens with zero attached hydrogens (tertiary/aromatic N) is 2. The molecule has 150 valence electrons. The first-order valence-corrected chi connectivity index (χ1v) is 8.71. The second-order valence-electron chi connectivity index (χ2n) is 5.80. The lowest BCUT2D eigenvalue weighted by Crippen LogP contribution is -2.42. The molecule has 10 nitrogen and oxygen atoms in total. The Morgan fingerprint density at radius 2 is 1.89 bits per heavy atom. The van der Waals surface area contributed by atoms with E-state index in [1.165, 1.54) is 11.8 Å². The fourth-order valence-corrected chi connectivity index (χ4v) is 2.42. The van der Waals surface area contributed by atoms with Gasteiger partial charge in [-0.15, -0.1) is 0 Å². The number of ether oxygens (including phenoxy) is 2. The van der Waals surface area contributed by atoms with Crippen molar-refractivity contribution < 1.29 is 23.9 Å². The lowest BCUT2D eigenvalue weighted by molar-refractivity contribution is -0.123. The third kappa shape index (κ3) is 5.36. The standard InChI is InChI=1S/C18H22N4O6/c1-3-9-22-16(24)13-7-5-4-6-12(13)15(21-22)17(25)28-11-14(23)20-18(26)19-8-10-27-2/h4-7H,3,8-11H2,1-2H3,(H2,19,20,23,26). The van der Waals surface area contributed by atoms with Crippen LogP contribution in [0.15, 0.2) is 29.1 Å². The van der Waals surface area contributed by atoms with Crippen molar-refractivity contribution in [2.45, 2.75) is 19.9 Å². The number of rotatable bonds is 8. The highest BCUT2D eigenvalue weighted by Crippen LogP contribution is 2.14. The molecule has 10 heteroatoms. The largest absolute Gasteiger partial charge is 0.451 e. The molecule has 0 spiro atoms. The summed E-state index contributed by atoms with van der Waals surface area (Å²) in [5.41, 5.74) is -0.375. The third-order valence-corrected chi connectivity index (χ3v) is 3.68. The summed E-state index contributed by atoms with van der Waals surface area (Å²) in [7, 11) is 1.48. The zero-order valence-electron chi connectivity index (χ0n) is 15.7. The Kier molecular flexibility index (Phi) is 7.64. The third-order valence-electron chi connectivity index (χ3n) is 3.68. The van der Waals surface area contributed by atoms with Gasteiger partial charge in [0.15, 0.2) is 12.3 Å².